The van der Waals surface area contributed by atoms with Gasteiger partial charge in [-0.1, -0.05) is 11.3 Å². The second-order valence-corrected chi connectivity index (χ2v) is 7.22. The standard InChI is InChI=1S/C21H19N3O6S/c1-26-12-5-6-13-17(9-12)31-21(24-13)22-10-14-20(25)30-19(23-14)11-7-15(27-2)18(29-4)16(8-11)28-3/h5-10,25H,1-4H3/b22-10+. The fraction of sp³-hybridized carbons (Fsp3) is 0.190. The highest BCUT2D eigenvalue weighted by Crippen LogP contribution is 2.41. The molecular weight excluding hydrogens is 422 g/mol. The van der Waals surface area contributed by atoms with Crippen molar-refractivity contribution in [2.75, 3.05) is 28.4 Å². The van der Waals surface area contributed by atoms with Crippen molar-refractivity contribution < 1.29 is 28.5 Å². The molecule has 0 unspecified atom stereocenters. The van der Waals surface area contributed by atoms with Crippen molar-refractivity contribution in [1.29, 1.82) is 0 Å². The Bertz CT molecular complexity index is 1240. The van der Waals surface area contributed by atoms with Gasteiger partial charge in [0, 0.05) is 5.56 Å². The maximum atomic E-state index is 10.2. The highest BCUT2D eigenvalue weighted by molar-refractivity contribution is 7.22. The van der Waals surface area contributed by atoms with E-state index in [9.17, 15) is 5.11 Å². The Kier molecular flexibility index (Phi) is 5.63. The highest BCUT2D eigenvalue weighted by atomic mass is 32.1. The molecule has 0 saturated heterocycles. The summed E-state index contributed by atoms with van der Waals surface area (Å²) in [7, 11) is 6.16. The zero-order chi connectivity index (χ0) is 22.0. The Morgan fingerprint density at radius 2 is 1.71 bits per heavy atom. The van der Waals surface area contributed by atoms with Gasteiger partial charge in [0.05, 0.1) is 44.9 Å². The van der Waals surface area contributed by atoms with Crippen molar-refractivity contribution >= 4 is 32.9 Å². The van der Waals surface area contributed by atoms with Crippen molar-refractivity contribution in [2.45, 2.75) is 0 Å². The lowest BCUT2D eigenvalue weighted by Gasteiger charge is -2.12. The smallest absolute Gasteiger partial charge is 0.312 e. The average molecular weight is 441 g/mol. The van der Waals surface area contributed by atoms with Crippen LogP contribution in [-0.4, -0.2) is 49.7 Å². The second kappa shape index (κ2) is 8.52. The van der Waals surface area contributed by atoms with Crippen molar-refractivity contribution in [3.05, 3.63) is 36.0 Å². The van der Waals surface area contributed by atoms with Gasteiger partial charge < -0.3 is 28.5 Å². The largest absolute Gasteiger partial charge is 0.497 e. The van der Waals surface area contributed by atoms with Crippen LogP contribution in [0.2, 0.25) is 0 Å². The maximum absolute atomic E-state index is 10.2. The van der Waals surface area contributed by atoms with Crippen molar-refractivity contribution in [3.63, 3.8) is 0 Å². The van der Waals surface area contributed by atoms with Gasteiger partial charge in [-0.05, 0) is 30.3 Å². The van der Waals surface area contributed by atoms with E-state index >= 15 is 0 Å². The summed E-state index contributed by atoms with van der Waals surface area (Å²) in [4.78, 5) is 13.1. The summed E-state index contributed by atoms with van der Waals surface area (Å²) in [6, 6.07) is 8.94. The molecular formula is C21H19N3O6S. The maximum Gasteiger partial charge on any atom is 0.312 e. The summed E-state index contributed by atoms with van der Waals surface area (Å²) >= 11 is 1.39. The van der Waals surface area contributed by atoms with Crippen LogP contribution in [0.3, 0.4) is 0 Å². The predicted octanol–water partition coefficient (Wildman–Crippen LogP) is 4.44. The Morgan fingerprint density at radius 1 is 0.968 bits per heavy atom. The summed E-state index contributed by atoms with van der Waals surface area (Å²) in [6.07, 6.45) is 1.40. The number of oxazole rings is 1. The first-order valence-electron chi connectivity index (χ1n) is 9.05. The molecule has 0 saturated carbocycles. The molecule has 0 atom stereocenters. The number of hydrogen-bond acceptors (Lipinski definition) is 10. The minimum Gasteiger partial charge on any atom is -0.497 e. The molecule has 2 heterocycles. The van der Waals surface area contributed by atoms with Crippen LogP contribution in [-0.2, 0) is 0 Å². The van der Waals surface area contributed by atoms with Gasteiger partial charge in [-0.25, -0.2) is 15.0 Å². The summed E-state index contributed by atoms with van der Waals surface area (Å²) in [5, 5.41) is 10.7. The number of hydrogen-bond donors (Lipinski definition) is 1. The lowest BCUT2D eigenvalue weighted by molar-refractivity contribution is 0.323. The SMILES string of the molecule is COc1ccc2nc(/N=C/c3nc(-c4cc(OC)c(OC)c(OC)c4)oc3O)sc2c1. The molecule has 10 heteroatoms. The number of ether oxygens (including phenoxy) is 4. The zero-order valence-corrected chi connectivity index (χ0v) is 18.0. The number of rotatable bonds is 7. The summed E-state index contributed by atoms with van der Waals surface area (Å²) in [5.41, 5.74) is 1.51. The zero-order valence-electron chi connectivity index (χ0n) is 17.2. The van der Waals surface area contributed by atoms with Gasteiger partial charge in [0.25, 0.3) is 0 Å². The van der Waals surface area contributed by atoms with E-state index in [-0.39, 0.29) is 17.5 Å². The molecule has 0 spiro atoms. The number of aromatic hydroxyl groups is 1. The fourth-order valence-electron chi connectivity index (χ4n) is 2.93. The quantitative estimate of drug-likeness (QED) is 0.419. The molecule has 0 amide bonds. The van der Waals surface area contributed by atoms with Crippen molar-refractivity contribution in [2.24, 2.45) is 4.99 Å². The van der Waals surface area contributed by atoms with Crippen LogP contribution in [0.1, 0.15) is 5.69 Å². The van der Waals surface area contributed by atoms with Crippen molar-refractivity contribution in [1.82, 2.24) is 9.97 Å². The number of fused-ring (bicyclic) bond motifs is 1. The van der Waals surface area contributed by atoms with E-state index in [1.54, 1.807) is 19.2 Å². The Balaban J connectivity index is 1.65. The Labute approximate surface area is 181 Å². The minimum atomic E-state index is -0.365. The molecule has 0 bridgehead atoms. The van der Waals surface area contributed by atoms with E-state index in [1.807, 2.05) is 18.2 Å². The minimum absolute atomic E-state index is 0.167. The van der Waals surface area contributed by atoms with E-state index < -0.39 is 0 Å². The first kappa shape index (κ1) is 20.5. The van der Waals surface area contributed by atoms with E-state index in [0.717, 1.165) is 16.0 Å². The molecule has 0 aliphatic rings. The molecule has 4 rings (SSSR count). The number of thiazole rings is 1. The van der Waals surface area contributed by atoms with E-state index in [0.29, 0.717) is 27.9 Å². The van der Waals surface area contributed by atoms with Crippen LogP contribution >= 0.6 is 11.3 Å². The van der Waals surface area contributed by atoms with E-state index in [1.165, 1.54) is 38.9 Å². The first-order chi connectivity index (χ1) is 15.1. The van der Waals surface area contributed by atoms with Crippen LogP contribution in [0.5, 0.6) is 28.9 Å². The first-order valence-corrected chi connectivity index (χ1v) is 9.86. The molecule has 2 aromatic carbocycles. The molecule has 0 fully saturated rings. The second-order valence-electron chi connectivity index (χ2n) is 6.21. The van der Waals surface area contributed by atoms with Gasteiger partial charge >= 0.3 is 5.95 Å². The number of aromatic nitrogens is 2. The molecule has 160 valence electrons. The van der Waals surface area contributed by atoms with Crippen molar-refractivity contribution in [3.8, 4) is 40.4 Å². The predicted molar refractivity (Wildman–Crippen MR) is 117 cm³/mol. The highest BCUT2D eigenvalue weighted by Gasteiger charge is 2.19. The van der Waals surface area contributed by atoms with Crippen LogP contribution in [0, 0.1) is 0 Å². The third-order valence-electron chi connectivity index (χ3n) is 4.43. The molecule has 31 heavy (non-hydrogen) atoms. The van der Waals surface area contributed by atoms with Gasteiger partial charge in [0.1, 0.15) is 5.75 Å². The van der Waals surface area contributed by atoms with E-state index in [4.69, 9.17) is 23.4 Å². The molecule has 9 nitrogen and oxygen atoms in total. The van der Waals surface area contributed by atoms with Crippen LogP contribution in [0.4, 0.5) is 5.13 Å². The number of benzene rings is 2. The normalized spacial score (nSPS) is 11.2. The third kappa shape index (κ3) is 3.97. The molecule has 1 N–H and O–H groups in total. The van der Waals surface area contributed by atoms with Gasteiger partial charge in [-0.3, -0.25) is 0 Å². The van der Waals surface area contributed by atoms with Gasteiger partial charge in [0.2, 0.25) is 16.8 Å². The molecule has 2 aromatic heterocycles. The lowest BCUT2D eigenvalue weighted by Crippen LogP contribution is -1.95. The van der Waals surface area contributed by atoms with Gasteiger partial charge in [0.15, 0.2) is 17.2 Å². The topological polar surface area (TPSA) is 108 Å². The monoisotopic (exact) mass is 441 g/mol. The summed E-state index contributed by atoms with van der Waals surface area (Å²) in [5.74, 6) is 1.88. The molecule has 4 aromatic rings. The molecule has 0 aliphatic heterocycles. The summed E-state index contributed by atoms with van der Waals surface area (Å²) < 4.78 is 27.6. The van der Waals surface area contributed by atoms with E-state index in [2.05, 4.69) is 15.0 Å². The summed E-state index contributed by atoms with van der Waals surface area (Å²) in [6.45, 7) is 0. The average Bonchev–Trinajstić information content (AvgIpc) is 3.38. The fourth-order valence-corrected chi connectivity index (χ4v) is 3.77. The Morgan fingerprint density at radius 3 is 2.35 bits per heavy atom. The van der Waals surface area contributed by atoms with Crippen LogP contribution < -0.4 is 18.9 Å². The number of nitrogens with zero attached hydrogens (tertiary/aromatic N) is 3. The van der Waals surface area contributed by atoms with Crippen LogP contribution in [0.15, 0.2) is 39.7 Å². The molecule has 0 aliphatic carbocycles. The van der Waals surface area contributed by atoms with Gasteiger partial charge in [-0.2, -0.15) is 0 Å². The number of aliphatic imine (C=N–C) groups is 1. The van der Waals surface area contributed by atoms with Crippen LogP contribution in [0.25, 0.3) is 21.7 Å². The number of methoxy groups -OCH3 is 4. The van der Waals surface area contributed by atoms with Gasteiger partial charge in [-0.15, -0.1) is 0 Å². The molecule has 0 radical (unpaired) electrons. The lowest BCUT2D eigenvalue weighted by atomic mass is 10.2. The third-order valence-corrected chi connectivity index (χ3v) is 5.35. The Hall–Kier alpha value is -3.79.